The van der Waals surface area contributed by atoms with Gasteiger partial charge in [0.2, 0.25) is 11.8 Å². The second-order valence-corrected chi connectivity index (χ2v) is 4.47. The van der Waals surface area contributed by atoms with Gasteiger partial charge in [0, 0.05) is 31.6 Å². The number of nitrogens with zero attached hydrogens (tertiary/aromatic N) is 1. The van der Waals surface area contributed by atoms with Crippen molar-refractivity contribution < 1.29 is 9.59 Å². The van der Waals surface area contributed by atoms with Crippen molar-refractivity contribution in [2.24, 2.45) is 0 Å². The molecule has 0 saturated carbocycles. The van der Waals surface area contributed by atoms with Crippen molar-refractivity contribution in [2.75, 3.05) is 11.9 Å². The maximum Gasteiger partial charge on any atom is 0.225 e. The summed E-state index contributed by atoms with van der Waals surface area (Å²) in [6.45, 7) is 4.20. The van der Waals surface area contributed by atoms with Gasteiger partial charge < -0.3 is 10.6 Å². The van der Waals surface area contributed by atoms with E-state index in [1.807, 2.05) is 13.0 Å². The van der Waals surface area contributed by atoms with E-state index in [-0.39, 0.29) is 11.8 Å². The second kappa shape index (κ2) is 8.29. The van der Waals surface area contributed by atoms with Gasteiger partial charge in [0.05, 0.1) is 0 Å². The number of aromatic nitrogens is 2. The number of carbonyl (C=O) groups excluding carboxylic acids is 2. The number of amides is 2. The standard InChI is InChI=1S/C13H22N4O2/c1-3-11-9-12(17-16-11)15-13(19)7-5-4-6-8-14-10(2)18/h9H,3-8H2,1-2H3,(H,14,18)(H2,15,16,17,19). The van der Waals surface area contributed by atoms with Crippen molar-refractivity contribution in [3.8, 4) is 0 Å². The van der Waals surface area contributed by atoms with E-state index in [2.05, 4.69) is 20.8 Å². The fourth-order valence-corrected chi connectivity index (χ4v) is 1.66. The molecule has 0 saturated heterocycles. The molecule has 1 aromatic rings. The van der Waals surface area contributed by atoms with Crippen LogP contribution in [0.25, 0.3) is 0 Å². The lowest BCUT2D eigenvalue weighted by molar-refractivity contribution is -0.119. The fraction of sp³-hybridized carbons (Fsp3) is 0.615. The Labute approximate surface area is 113 Å². The third kappa shape index (κ3) is 6.59. The first kappa shape index (κ1) is 15.2. The Kier molecular flexibility index (Phi) is 6.63. The predicted molar refractivity (Wildman–Crippen MR) is 73.7 cm³/mol. The Balaban J connectivity index is 2.09. The molecule has 0 aromatic carbocycles. The first-order chi connectivity index (χ1) is 9.11. The van der Waals surface area contributed by atoms with Crippen molar-refractivity contribution in [3.63, 3.8) is 0 Å². The summed E-state index contributed by atoms with van der Waals surface area (Å²) in [5, 5.41) is 12.3. The lowest BCUT2D eigenvalue weighted by atomic mass is 10.2. The number of nitrogens with one attached hydrogen (secondary N) is 3. The smallest absolute Gasteiger partial charge is 0.225 e. The highest BCUT2D eigenvalue weighted by molar-refractivity contribution is 5.89. The van der Waals surface area contributed by atoms with Gasteiger partial charge in [-0.1, -0.05) is 13.3 Å². The molecule has 0 bridgehead atoms. The molecule has 0 unspecified atom stereocenters. The van der Waals surface area contributed by atoms with Crippen molar-refractivity contribution in [1.29, 1.82) is 0 Å². The summed E-state index contributed by atoms with van der Waals surface area (Å²) in [6, 6.07) is 1.84. The van der Waals surface area contributed by atoms with E-state index in [1.54, 1.807) is 0 Å². The van der Waals surface area contributed by atoms with Gasteiger partial charge in [-0.15, -0.1) is 0 Å². The molecule has 0 fully saturated rings. The van der Waals surface area contributed by atoms with E-state index >= 15 is 0 Å². The average molecular weight is 266 g/mol. The molecule has 19 heavy (non-hydrogen) atoms. The van der Waals surface area contributed by atoms with Crippen LogP contribution in [0.4, 0.5) is 5.82 Å². The number of hydrogen-bond donors (Lipinski definition) is 3. The van der Waals surface area contributed by atoms with Gasteiger partial charge in [-0.05, 0) is 19.3 Å². The van der Waals surface area contributed by atoms with E-state index < -0.39 is 0 Å². The van der Waals surface area contributed by atoms with E-state index in [9.17, 15) is 9.59 Å². The molecule has 1 heterocycles. The third-order valence-electron chi connectivity index (χ3n) is 2.73. The van der Waals surface area contributed by atoms with Gasteiger partial charge in [-0.25, -0.2) is 0 Å². The number of aryl methyl sites for hydroxylation is 1. The summed E-state index contributed by atoms with van der Waals surface area (Å²) < 4.78 is 0. The number of H-pyrrole nitrogens is 1. The van der Waals surface area contributed by atoms with E-state index in [1.165, 1.54) is 6.92 Å². The zero-order valence-corrected chi connectivity index (χ0v) is 11.6. The number of rotatable bonds is 8. The molecule has 0 aliphatic rings. The first-order valence-electron chi connectivity index (χ1n) is 6.70. The van der Waals surface area contributed by atoms with Gasteiger partial charge in [-0.2, -0.15) is 5.10 Å². The highest BCUT2D eigenvalue weighted by Crippen LogP contribution is 2.07. The molecule has 6 heteroatoms. The van der Waals surface area contributed by atoms with Crippen LogP contribution in [0.5, 0.6) is 0 Å². The van der Waals surface area contributed by atoms with Gasteiger partial charge in [0.15, 0.2) is 5.82 Å². The lowest BCUT2D eigenvalue weighted by Gasteiger charge is -2.03. The Hall–Kier alpha value is -1.85. The van der Waals surface area contributed by atoms with Crippen molar-refractivity contribution in [3.05, 3.63) is 11.8 Å². The van der Waals surface area contributed by atoms with E-state index in [0.29, 0.717) is 18.8 Å². The van der Waals surface area contributed by atoms with Crippen LogP contribution < -0.4 is 10.6 Å². The summed E-state index contributed by atoms with van der Waals surface area (Å²) in [7, 11) is 0. The maximum absolute atomic E-state index is 11.6. The summed E-state index contributed by atoms with van der Waals surface area (Å²) in [5.41, 5.74) is 1.01. The Bertz CT molecular complexity index is 415. The average Bonchev–Trinajstić information content (AvgIpc) is 2.81. The zero-order chi connectivity index (χ0) is 14.1. The van der Waals surface area contributed by atoms with Crippen LogP contribution in [0.2, 0.25) is 0 Å². The van der Waals surface area contributed by atoms with Gasteiger partial charge in [0.25, 0.3) is 0 Å². The molecule has 106 valence electrons. The molecule has 1 rings (SSSR count). The molecule has 3 N–H and O–H groups in total. The number of anilines is 1. The van der Waals surface area contributed by atoms with Gasteiger partial charge >= 0.3 is 0 Å². The number of hydrogen-bond acceptors (Lipinski definition) is 3. The third-order valence-corrected chi connectivity index (χ3v) is 2.73. The molecule has 0 aliphatic carbocycles. The van der Waals surface area contributed by atoms with E-state index in [4.69, 9.17) is 0 Å². The van der Waals surface area contributed by atoms with Gasteiger partial charge in [0.1, 0.15) is 0 Å². The number of aromatic amines is 1. The fourth-order valence-electron chi connectivity index (χ4n) is 1.66. The normalized spacial score (nSPS) is 10.2. The van der Waals surface area contributed by atoms with E-state index in [0.717, 1.165) is 31.4 Å². The van der Waals surface area contributed by atoms with Crippen LogP contribution >= 0.6 is 0 Å². The number of unbranched alkanes of at least 4 members (excludes halogenated alkanes) is 2. The molecular weight excluding hydrogens is 244 g/mol. The first-order valence-corrected chi connectivity index (χ1v) is 6.70. The van der Waals surface area contributed by atoms with Crippen molar-refractivity contribution in [1.82, 2.24) is 15.5 Å². The topological polar surface area (TPSA) is 86.9 Å². The largest absolute Gasteiger partial charge is 0.356 e. The lowest BCUT2D eigenvalue weighted by Crippen LogP contribution is -2.20. The highest BCUT2D eigenvalue weighted by Gasteiger charge is 2.05. The molecule has 1 aromatic heterocycles. The minimum Gasteiger partial charge on any atom is -0.356 e. The second-order valence-electron chi connectivity index (χ2n) is 4.47. The summed E-state index contributed by atoms with van der Waals surface area (Å²) >= 11 is 0. The molecule has 2 amide bonds. The Morgan fingerprint density at radius 3 is 2.74 bits per heavy atom. The summed E-state index contributed by atoms with van der Waals surface area (Å²) in [5.74, 6) is 0.553. The van der Waals surface area contributed by atoms with Crippen LogP contribution in [-0.4, -0.2) is 28.6 Å². The molecular formula is C13H22N4O2. The molecule has 0 spiro atoms. The molecule has 0 aliphatic heterocycles. The molecule has 0 radical (unpaired) electrons. The van der Waals surface area contributed by atoms with Crippen LogP contribution in [-0.2, 0) is 16.0 Å². The Morgan fingerprint density at radius 1 is 1.32 bits per heavy atom. The van der Waals surface area contributed by atoms with Crippen molar-refractivity contribution >= 4 is 17.6 Å². The maximum atomic E-state index is 11.6. The monoisotopic (exact) mass is 266 g/mol. The SMILES string of the molecule is CCc1cc(NC(=O)CCCCCNC(C)=O)n[nH]1. The minimum atomic E-state index is -0.0197. The van der Waals surface area contributed by atoms with Crippen LogP contribution in [0.1, 0.15) is 45.2 Å². The Morgan fingerprint density at radius 2 is 2.11 bits per heavy atom. The van der Waals surface area contributed by atoms with Crippen LogP contribution in [0.3, 0.4) is 0 Å². The van der Waals surface area contributed by atoms with Crippen LogP contribution in [0.15, 0.2) is 6.07 Å². The molecule has 6 nitrogen and oxygen atoms in total. The highest BCUT2D eigenvalue weighted by atomic mass is 16.2. The number of carbonyl (C=O) groups is 2. The summed E-state index contributed by atoms with van der Waals surface area (Å²) in [4.78, 5) is 22.2. The zero-order valence-electron chi connectivity index (χ0n) is 11.6. The quantitative estimate of drug-likeness (QED) is 0.625. The summed E-state index contributed by atoms with van der Waals surface area (Å²) in [6.07, 6.45) is 3.99. The van der Waals surface area contributed by atoms with Crippen LogP contribution in [0, 0.1) is 0 Å². The minimum absolute atomic E-state index is 0.0111. The van der Waals surface area contributed by atoms with Crippen molar-refractivity contribution in [2.45, 2.75) is 46.0 Å². The molecule has 0 atom stereocenters. The predicted octanol–water partition coefficient (Wildman–Crippen LogP) is 1.61. The van der Waals surface area contributed by atoms with Gasteiger partial charge in [-0.3, -0.25) is 14.7 Å².